The fraction of sp³-hybridized carbons (Fsp3) is 0.273. The number of hydrogen-bond acceptors (Lipinski definition) is 7. The molecule has 0 radical (unpaired) electrons. The van der Waals surface area contributed by atoms with E-state index in [-0.39, 0.29) is 18.3 Å². The first-order chi connectivity index (χ1) is 15.3. The van der Waals surface area contributed by atoms with E-state index in [0.717, 1.165) is 15.4 Å². The number of hydrogen-bond donors (Lipinski definition) is 0. The van der Waals surface area contributed by atoms with Crippen molar-refractivity contribution in [2.24, 2.45) is 0 Å². The fourth-order valence-electron chi connectivity index (χ4n) is 3.36. The van der Waals surface area contributed by atoms with Gasteiger partial charge in [0.1, 0.15) is 12.4 Å². The van der Waals surface area contributed by atoms with E-state index in [0.29, 0.717) is 29.4 Å². The Hall–Kier alpha value is -3.37. The second-order valence-electron chi connectivity index (χ2n) is 7.26. The van der Waals surface area contributed by atoms with Gasteiger partial charge in [0.2, 0.25) is 16.8 Å². The van der Waals surface area contributed by atoms with Crippen molar-refractivity contribution in [2.75, 3.05) is 20.9 Å². The van der Waals surface area contributed by atoms with Crippen LogP contribution in [-0.4, -0.2) is 49.1 Å². The Labute approximate surface area is 185 Å². The van der Waals surface area contributed by atoms with Gasteiger partial charge in [-0.05, 0) is 48.9 Å². The minimum Gasteiger partial charge on any atom is -0.454 e. The molecule has 0 fully saturated rings. The Morgan fingerprint density at radius 2 is 1.97 bits per heavy atom. The van der Waals surface area contributed by atoms with Crippen molar-refractivity contribution in [3.63, 3.8) is 0 Å². The Balaban J connectivity index is 1.49. The molecule has 3 aromatic rings. The first-order valence-corrected chi connectivity index (χ1v) is 11.4. The largest absolute Gasteiger partial charge is 0.454 e. The Kier molecular flexibility index (Phi) is 5.90. The van der Waals surface area contributed by atoms with Crippen molar-refractivity contribution in [3.8, 4) is 11.5 Å². The van der Waals surface area contributed by atoms with E-state index in [2.05, 4.69) is 4.98 Å². The van der Waals surface area contributed by atoms with Crippen molar-refractivity contribution in [1.82, 2.24) is 13.9 Å². The molecule has 0 atom stereocenters. The topological polar surface area (TPSA) is 100.0 Å². The number of carbonyl (C=O) groups is 1. The van der Waals surface area contributed by atoms with Gasteiger partial charge in [-0.25, -0.2) is 22.5 Å². The van der Waals surface area contributed by atoms with Crippen LogP contribution >= 0.6 is 0 Å². The van der Waals surface area contributed by atoms with Gasteiger partial charge in [-0.3, -0.25) is 0 Å². The van der Waals surface area contributed by atoms with Gasteiger partial charge >= 0.3 is 5.97 Å². The van der Waals surface area contributed by atoms with Gasteiger partial charge in [-0.1, -0.05) is 6.07 Å². The molecule has 0 aliphatic carbocycles. The summed E-state index contributed by atoms with van der Waals surface area (Å²) in [5, 5.41) is 0. The second-order valence-corrected chi connectivity index (χ2v) is 9.42. The van der Waals surface area contributed by atoms with Gasteiger partial charge in [-0.15, -0.1) is 0 Å². The zero-order valence-corrected chi connectivity index (χ0v) is 18.8. The van der Waals surface area contributed by atoms with E-state index in [1.54, 1.807) is 30.3 Å². The van der Waals surface area contributed by atoms with Gasteiger partial charge in [0, 0.05) is 26.7 Å². The molecule has 32 heavy (non-hydrogen) atoms. The number of fused-ring (bicyclic) bond motifs is 2. The van der Waals surface area contributed by atoms with Crippen LogP contribution < -0.4 is 9.47 Å². The average molecular weight is 458 g/mol. The lowest BCUT2D eigenvalue weighted by Crippen LogP contribution is -2.22. The molecule has 9 nitrogen and oxygen atoms in total. The molecule has 1 aliphatic heterocycles. The van der Waals surface area contributed by atoms with Gasteiger partial charge in [-0.2, -0.15) is 0 Å². The highest BCUT2D eigenvalue weighted by atomic mass is 32.2. The third-order valence-corrected chi connectivity index (χ3v) is 6.86. The van der Waals surface area contributed by atoms with Crippen molar-refractivity contribution >= 4 is 33.1 Å². The summed E-state index contributed by atoms with van der Waals surface area (Å²) in [4.78, 5) is 16.9. The SMILES string of the molecule is CCn1c(COC(=O)C=Cc2ccc3c(c2)OCO3)nc2cc(S(=O)(=O)N(C)C)ccc21. The number of aromatic nitrogens is 2. The van der Waals surface area contributed by atoms with E-state index in [1.165, 1.54) is 26.2 Å². The minimum absolute atomic E-state index is 0.0391. The average Bonchev–Trinajstić information content (AvgIpc) is 3.38. The summed E-state index contributed by atoms with van der Waals surface area (Å²) in [7, 11) is -0.613. The number of sulfonamides is 1. The van der Waals surface area contributed by atoms with E-state index in [9.17, 15) is 13.2 Å². The summed E-state index contributed by atoms with van der Waals surface area (Å²) < 4.78 is 43.8. The third kappa shape index (κ3) is 4.19. The monoisotopic (exact) mass is 457 g/mol. The van der Waals surface area contributed by atoms with Crippen LogP contribution in [0, 0.1) is 0 Å². The van der Waals surface area contributed by atoms with Crippen molar-refractivity contribution in [2.45, 2.75) is 25.0 Å². The lowest BCUT2D eigenvalue weighted by molar-refractivity contribution is -0.139. The van der Waals surface area contributed by atoms with Crippen LogP contribution in [0.25, 0.3) is 17.1 Å². The molecule has 2 aromatic carbocycles. The summed E-state index contributed by atoms with van der Waals surface area (Å²) in [5.41, 5.74) is 2.07. The molecule has 0 bridgehead atoms. The highest BCUT2D eigenvalue weighted by molar-refractivity contribution is 7.89. The first-order valence-electron chi connectivity index (χ1n) is 9.96. The number of nitrogens with zero attached hydrogens (tertiary/aromatic N) is 3. The molecule has 4 rings (SSSR count). The standard InChI is InChI=1S/C22H23N3O6S/c1-4-25-18-8-7-16(32(27,28)24(2)3)12-17(18)23-21(25)13-29-22(26)10-6-15-5-9-19-20(11-15)31-14-30-19/h5-12H,4,13-14H2,1-3H3. The van der Waals surface area contributed by atoms with E-state index in [1.807, 2.05) is 17.6 Å². The van der Waals surface area contributed by atoms with E-state index >= 15 is 0 Å². The molecule has 0 N–H and O–H groups in total. The van der Waals surface area contributed by atoms with Crippen molar-refractivity contribution < 1.29 is 27.4 Å². The molecule has 0 unspecified atom stereocenters. The van der Waals surface area contributed by atoms with E-state index in [4.69, 9.17) is 14.2 Å². The van der Waals surface area contributed by atoms with Crippen LogP contribution in [0.1, 0.15) is 18.3 Å². The molecule has 168 valence electrons. The predicted octanol–water partition coefficient (Wildman–Crippen LogP) is 2.79. The summed E-state index contributed by atoms with van der Waals surface area (Å²) >= 11 is 0. The summed E-state index contributed by atoms with van der Waals surface area (Å²) in [6.07, 6.45) is 2.96. The lowest BCUT2D eigenvalue weighted by atomic mass is 10.2. The number of esters is 1. The van der Waals surface area contributed by atoms with Crippen molar-refractivity contribution in [1.29, 1.82) is 0 Å². The second kappa shape index (κ2) is 8.64. The number of carbonyl (C=O) groups excluding carboxylic acids is 1. The normalized spacial score (nSPS) is 13.4. The molecular weight excluding hydrogens is 434 g/mol. The molecule has 2 heterocycles. The smallest absolute Gasteiger partial charge is 0.331 e. The minimum atomic E-state index is -3.57. The van der Waals surface area contributed by atoms with Crippen LogP contribution in [-0.2, 0) is 32.7 Å². The lowest BCUT2D eigenvalue weighted by Gasteiger charge is -2.11. The van der Waals surface area contributed by atoms with Crippen LogP contribution in [0.2, 0.25) is 0 Å². The molecule has 10 heteroatoms. The molecule has 1 aliphatic rings. The molecule has 0 saturated carbocycles. The van der Waals surface area contributed by atoms with Crippen LogP contribution in [0.5, 0.6) is 11.5 Å². The third-order valence-electron chi connectivity index (χ3n) is 5.05. The number of rotatable bonds is 7. The van der Waals surface area contributed by atoms with Gasteiger partial charge in [0.05, 0.1) is 15.9 Å². The molecule has 0 amide bonds. The summed E-state index contributed by atoms with van der Waals surface area (Å²) in [5.74, 6) is 1.32. The highest BCUT2D eigenvalue weighted by Crippen LogP contribution is 2.32. The maximum Gasteiger partial charge on any atom is 0.331 e. The molecule has 1 aromatic heterocycles. The Bertz CT molecular complexity index is 1310. The Morgan fingerprint density at radius 1 is 1.19 bits per heavy atom. The quantitative estimate of drug-likeness (QED) is 0.397. The molecule has 0 spiro atoms. The Morgan fingerprint density at radius 3 is 2.72 bits per heavy atom. The zero-order valence-electron chi connectivity index (χ0n) is 17.9. The van der Waals surface area contributed by atoms with Crippen LogP contribution in [0.15, 0.2) is 47.4 Å². The van der Waals surface area contributed by atoms with Crippen molar-refractivity contribution in [3.05, 3.63) is 53.9 Å². The number of imidazole rings is 1. The van der Waals surface area contributed by atoms with Crippen LogP contribution in [0.4, 0.5) is 0 Å². The maximum absolute atomic E-state index is 12.4. The maximum atomic E-state index is 12.4. The number of benzene rings is 2. The zero-order chi connectivity index (χ0) is 22.9. The molecule has 0 saturated heterocycles. The predicted molar refractivity (Wildman–Crippen MR) is 118 cm³/mol. The molecular formula is C22H23N3O6S. The first kappa shape index (κ1) is 21.8. The van der Waals surface area contributed by atoms with E-state index < -0.39 is 16.0 Å². The summed E-state index contributed by atoms with van der Waals surface area (Å²) in [6, 6.07) is 10.2. The fourth-order valence-corrected chi connectivity index (χ4v) is 4.28. The summed E-state index contributed by atoms with van der Waals surface area (Å²) in [6.45, 7) is 2.68. The van der Waals surface area contributed by atoms with Crippen LogP contribution in [0.3, 0.4) is 0 Å². The number of ether oxygens (including phenoxy) is 3. The van der Waals surface area contributed by atoms with Gasteiger partial charge in [0.15, 0.2) is 11.5 Å². The van der Waals surface area contributed by atoms with Gasteiger partial charge < -0.3 is 18.8 Å². The number of aryl methyl sites for hydroxylation is 1. The highest BCUT2D eigenvalue weighted by Gasteiger charge is 2.20. The van der Waals surface area contributed by atoms with Gasteiger partial charge in [0.25, 0.3) is 0 Å².